The monoisotopic (exact) mass is 273 g/mol. The van der Waals surface area contributed by atoms with Crippen molar-refractivity contribution in [2.75, 3.05) is 13.1 Å². The van der Waals surface area contributed by atoms with E-state index in [1.54, 1.807) is 0 Å². The van der Waals surface area contributed by atoms with Crippen molar-refractivity contribution in [2.45, 2.75) is 38.2 Å². The lowest BCUT2D eigenvalue weighted by atomic mass is 9.92. The van der Waals surface area contributed by atoms with Crippen LogP contribution in [0, 0.1) is 11.8 Å². The maximum Gasteiger partial charge on any atom is 0.226 e. The van der Waals surface area contributed by atoms with E-state index in [1.807, 2.05) is 30.0 Å². The number of aliphatic hydroxyl groups excluding tert-OH is 1. The minimum absolute atomic E-state index is 0.195. The minimum Gasteiger partial charge on any atom is -0.393 e. The van der Waals surface area contributed by atoms with Gasteiger partial charge in [-0.3, -0.25) is 4.79 Å². The summed E-state index contributed by atoms with van der Waals surface area (Å²) in [6, 6.07) is 10.4. The molecule has 0 radical (unpaired) electrons. The van der Waals surface area contributed by atoms with Crippen molar-refractivity contribution in [2.24, 2.45) is 11.8 Å². The van der Waals surface area contributed by atoms with Crippen molar-refractivity contribution >= 4 is 5.91 Å². The van der Waals surface area contributed by atoms with Gasteiger partial charge in [0.05, 0.1) is 6.10 Å². The number of carbonyl (C=O) groups is 1. The average molecular weight is 273 g/mol. The molecule has 1 aromatic rings. The summed E-state index contributed by atoms with van der Waals surface area (Å²) in [4.78, 5) is 14.5. The molecule has 1 amide bonds. The van der Waals surface area contributed by atoms with Gasteiger partial charge in [0.25, 0.3) is 0 Å². The van der Waals surface area contributed by atoms with E-state index in [1.165, 1.54) is 5.56 Å². The lowest BCUT2D eigenvalue weighted by Crippen LogP contribution is -2.41. The van der Waals surface area contributed by atoms with Crippen LogP contribution in [0.15, 0.2) is 30.3 Å². The molecule has 20 heavy (non-hydrogen) atoms. The Bertz CT molecular complexity index is 463. The summed E-state index contributed by atoms with van der Waals surface area (Å²) in [5.41, 5.74) is 1.30. The first kappa shape index (κ1) is 13.6. The van der Waals surface area contributed by atoms with Crippen LogP contribution in [0.3, 0.4) is 0 Å². The van der Waals surface area contributed by atoms with Crippen molar-refractivity contribution in [3.05, 3.63) is 35.9 Å². The highest BCUT2D eigenvalue weighted by atomic mass is 16.3. The molecule has 3 atom stereocenters. The fourth-order valence-electron chi connectivity index (χ4n) is 3.37. The lowest BCUT2D eigenvalue weighted by Gasteiger charge is -2.33. The normalized spacial score (nSPS) is 28.2. The van der Waals surface area contributed by atoms with Crippen LogP contribution >= 0.6 is 0 Å². The molecule has 1 saturated carbocycles. The van der Waals surface area contributed by atoms with Gasteiger partial charge in [0, 0.05) is 19.0 Å². The Kier molecular flexibility index (Phi) is 3.79. The summed E-state index contributed by atoms with van der Waals surface area (Å²) in [7, 11) is 0. The molecule has 1 N–H and O–H groups in total. The third kappa shape index (κ3) is 2.73. The van der Waals surface area contributed by atoms with Gasteiger partial charge < -0.3 is 10.0 Å². The summed E-state index contributed by atoms with van der Waals surface area (Å²) in [5, 5.41) is 9.61. The molecule has 1 aliphatic heterocycles. The van der Waals surface area contributed by atoms with Gasteiger partial charge >= 0.3 is 0 Å². The number of likely N-dealkylation sites (tertiary alicyclic amines) is 1. The van der Waals surface area contributed by atoms with Crippen LogP contribution in [0.2, 0.25) is 0 Å². The van der Waals surface area contributed by atoms with Crippen LogP contribution in [0.1, 0.15) is 37.7 Å². The molecule has 0 aromatic heterocycles. The maximum absolute atomic E-state index is 12.5. The molecule has 0 bridgehead atoms. The highest BCUT2D eigenvalue weighted by Gasteiger charge is 2.46. The Labute approximate surface area is 120 Å². The quantitative estimate of drug-likeness (QED) is 0.918. The Morgan fingerprint density at radius 1 is 1.25 bits per heavy atom. The molecular formula is C17H23NO2. The number of carbonyl (C=O) groups excluding carboxylic acids is 1. The molecule has 2 fully saturated rings. The van der Waals surface area contributed by atoms with Gasteiger partial charge in [0.15, 0.2) is 0 Å². The smallest absolute Gasteiger partial charge is 0.226 e. The summed E-state index contributed by atoms with van der Waals surface area (Å²) < 4.78 is 0. The number of aliphatic hydroxyl groups is 1. The SMILES string of the molecule is CC(O)C1CCN(C(=O)C2CC2c2ccccc2)CC1. The van der Waals surface area contributed by atoms with E-state index in [0.29, 0.717) is 17.7 Å². The van der Waals surface area contributed by atoms with Gasteiger partial charge in [-0.25, -0.2) is 0 Å². The van der Waals surface area contributed by atoms with Crippen LogP contribution < -0.4 is 0 Å². The third-order valence-corrected chi connectivity index (χ3v) is 4.87. The van der Waals surface area contributed by atoms with E-state index in [-0.39, 0.29) is 12.0 Å². The topological polar surface area (TPSA) is 40.5 Å². The first-order valence-corrected chi connectivity index (χ1v) is 7.68. The lowest BCUT2D eigenvalue weighted by molar-refractivity contribution is -0.134. The third-order valence-electron chi connectivity index (χ3n) is 4.87. The van der Waals surface area contributed by atoms with E-state index in [2.05, 4.69) is 12.1 Å². The molecular weight excluding hydrogens is 250 g/mol. The number of amides is 1. The predicted molar refractivity (Wildman–Crippen MR) is 78.3 cm³/mol. The number of hydrogen-bond acceptors (Lipinski definition) is 2. The van der Waals surface area contributed by atoms with Crippen molar-refractivity contribution in [3.8, 4) is 0 Å². The second kappa shape index (κ2) is 5.57. The fourth-order valence-corrected chi connectivity index (χ4v) is 3.37. The number of hydrogen-bond donors (Lipinski definition) is 1. The highest BCUT2D eigenvalue weighted by molar-refractivity contribution is 5.83. The van der Waals surface area contributed by atoms with Gasteiger partial charge in [-0.15, -0.1) is 0 Å². The molecule has 1 aliphatic carbocycles. The highest BCUT2D eigenvalue weighted by Crippen LogP contribution is 2.48. The van der Waals surface area contributed by atoms with E-state index < -0.39 is 0 Å². The van der Waals surface area contributed by atoms with Crippen molar-refractivity contribution in [1.29, 1.82) is 0 Å². The van der Waals surface area contributed by atoms with Crippen molar-refractivity contribution in [1.82, 2.24) is 4.90 Å². The zero-order chi connectivity index (χ0) is 14.1. The Hall–Kier alpha value is -1.35. The van der Waals surface area contributed by atoms with Gasteiger partial charge in [0.2, 0.25) is 5.91 Å². The zero-order valence-corrected chi connectivity index (χ0v) is 12.0. The van der Waals surface area contributed by atoms with Crippen LogP contribution in [0.25, 0.3) is 0 Å². The van der Waals surface area contributed by atoms with E-state index in [9.17, 15) is 9.90 Å². The van der Waals surface area contributed by atoms with Crippen LogP contribution in [-0.2, 0) is 4.79 Å². The first-order valence-electron chi connectivity index (χ1n) is 7.68. The number of benzene rings is 1. The molecule has 2 aliphatic rings. The summed E-state index contributed by atoms with van der Waals surface area (Å²) in [6.45, 7) is 3.48. The molecule has 1 heterocycles. The fraction of sp³-hybridized carbons (Fsp3) is 0.588. The standard InChI is InChI=1S/C17H23NO2/c1-12(19)13-7-9-18(10-8-13)17(20)16-11-15(16)14-5-3-2-4-6-14/h2-6,12-13,15-16,19H,7-11H2,1H3. The predicted octanol–water partition coefficient (Wildman–Crippen LogP) is 2.41. The summed E-state index contributed by atoms with van der Waals surface area (Å²) >= 11 is 0. The Morgan fingerprint density at radius 3 is 2.50 bits per heavy atom. The molecule has 3 nitrogen and oxygen atoms in total. The van der Waals surface area contributed by atoms with Crippen molar-refractivity contribution < 1.29 is 9.90 Å². The average Bonchev–Trinajstić information content (AvgIpc) is 3.28. The van der Waals surface area contributed by atoms with Crippen LogP contribution in [0.5, 0.6) is 0 Å². The summed E-state index contributed by atoms with van der Waals surface area (Å²) in [6.07, 6.45) is 2.63. The minimum atomic E-state index is -0.245. The van der Waals surface area contributed by atoms with E-state index in [0.717, 1.165) is 32.4 Å². The Balaban J connectivity index is 1.54. The maximum atomic E-state index is 12.5. The van der Waals surface area contributed by atoms with Gasteiger partial charge in [-0.1, -0.05) is 30.3 Å². The van der Waals surface area contributed by atoms with Gasteiger partial charge in [0.1, 0.15) is 0 Å². The molecule has 1 aromatic carbocycles. The summed E-state index contributed by atoms with van der Waals surface area (Å²) in [5.74, 6) is 1.31. The van der Waals surface area contributed by atoms with E-state index >= 15 is 0 Å². The first-order chi connectivity index (χ1) is 9.66. The van der Waals surface area contributed by atoms with Crippen molar-refractivity contribution in [3.63, 3.8) is 0 Å². The second-order valence-electron chi connectivity index (χ2n) is 6.26. The van der Waals surface area contributed by atoms with E-state index in [4.69, 9.17) is 0 Å². The Morgan fingerprint density at radius 2 is 1.90 bits per heavy atom. The molecule has 3 heteroatoms. The largest absolute Gasteiger partial charge is 0.393 e. The second-order valence-corrected chi connectivity index (χ2v) is 6.26. The molecule has 0 spiro atoms. The molecule has 108 valence electrons. The zero-order valence-electron chi connectivity index (χ0n) is 12.0. The number of rotatable bonds is 3. The number of piperidine rings is 1. The van der Waals surface area contributed by atoms with Gasteiger partial charge in [-0.2, -0.15) is 0 Å². The van der Waals surface area contributed by atoms with Gasteiger partial charge in [-0.05, 0) is 43.6 Å². The molecule has 1 saturated heterocycles. The molecule has 3 unspecified atom stereocenters. The van der Waals surface area contributed by atoms with Crippen LogP contribution in [-0.4, -0.2) is 35.1 Å². The van der Waals surface area contributed by atoms with Crippen LogP contribution in [0.4, 0.5) is 0 Å². The molecule has 3 rings (SSSR count). The number of nitrogens with zero attached hydrogens (tertiary/aromatic N) is 1.